The van der Waals surface area contributed by atoms with Gasteiger partial charge in [-0.1, -0.05) is 13.0 Å². The molecule has 2 amide bonds. The third-order valence-corrected chi connectivity index (χ3v) is 6.91. The van der Waals surface area contributed by atoms with Crippen LogP contribution in [0, 0.1) is 11.3 Å². The van der Waals surface area contributed by atoms with Crippen LogP contribution in [0.2, 0.25) is 0 Å². The van der Waals surface area contributed by atoms with Crippen LogP contribution in [-0.2, 0) is 11.8 Å². The summed E-state index contributed by atoms with van der Waals surface area (Å²) >= 11 is 0. The highest BCUT2D eigenvalue weighted by atomic mass is 16.3. The number of anilines is 1. The van der Waals surface area contributed by atoms with Gasteiger partial charge in [-0.05, 0) is 80.9 Å². The molecule has 0 saturated carbocycles. The highest BCUT2D eigenvalue weighted by Crippen LogP contribution is 2.47. The standard InChI is InChI=1S/C24H28N4O2/c1-4-28(23(30)26-18-8-5-16(15-25)6-9-18)22-21-13-17-7-10-19(29)14-20(17)24(22,2)11-12-27(21)3/h5-10,14,21-22,29H,4,11-13H2,1-3H3,(H,26,30)/t21-,22+,24?/m1/s1. The van der Waals surface area contributed by atoms with E-state index in [0.29, 0.717) is 17.8 Å². The minimum atomic E-state index is -0.235. The van der Waals surface area contributed by atoms with Crippen LogP contribution >= 0.6 is 0 Å². The van der Waals surface area contributed by atoms with Crippen LogP contribution in [0.4, 0.5) is 10.5 Å². The number of phenols is 1. The number of piperidine rings is 1. The van der Waals surface area contributed by atoms with Gasteiger partial charge in [-0.25, -0.2) is 4.79 Å². The molecule has 4 rings (SSSR count). The van der Waals surface area contributed by atoms with Crippen molar-refractivity contribution in [2.24, 2.45) is 0 Å². The molecule has 1 saturated heterocycles. The summed E-state index contributed by atoms with van der Waals surface area (Å²) in [5.41, 5.74) is 3.41. The number of hydrogen-bond donors (Lipinski definition) is 2. The number of urea groups is 1. The van der Waals surface area contributed by atoms with E-state index in [1.54, 1.807) is 30.3 Å². The number of amides is 2. The monoisotopic (exact) mass is 404 g/mol. The van der Waals surface area contributed by atoms with E-state index >= 15 is 0 Å². The molecule has 0 aromatic heterocycles. The Bertz CT molecular complexity index is 997. The summed E-state index contributed by atoms with van der Waals surface area (Å²) in [7, 11) is 2.13. The van der Waals surface area contributed by atoms with E-state index in [1.165, 1.54) is 5.56 Å². The zero-order valence-electron chi connectivity index (χ0n) is 17.7. The topological polar surface area (TPSA) is 79.6 Å². The summed E-state index contributed by atoms with van der Waals surface area (Å²) in [5.74, 6) is 0.274. The number of nitrogens with one attached hydrogen (secondary N) is 1. The molecule has 2 aromatic carbocycles. The van der Waals surface area contributed by atoms with Crippen LogP contribution in [0.3, 0.4) is 0 Å². The maximum Gasteiger partial charge on any atom is 0.322 e. The Morgan fingerprint density at radius 3 is 2.73 bits per heavy atom. The zero-order valence-corrected chi connectivity index (χ0v) is 17.7. The maximum absolute atomic E-state index is 13.3. The third-order valence-electron chi connectivity index (χ3n) is 6.91. The highest BCUT2D eigenvalue weighted by molar-refractivity contribution is 5.90. The van der Waals surface area contributed by atoms with E-state index < -0.39 is 0 Å². The van der Waals surface area contributed by atoms with Crippen molar-refractivity contribution in [3.05, 3.63) is 59.2 Å². The molecule has 156 valence electrons. The van der Waals surface area contributed by atoms with Gasteiger partial charge in [0.2, 0.25) is 0 Å². The van der Waals surface area contributed by atoms with Crippen molar-refractivity contribution in [2.75, 3.05) is 25.5 Å². The molecule has 2 aliphatic rings. The number of likely N-dealkylation sites (N-methyl/N-ethyl adjacent to an activating group) is 2. The quantitative estimate of drug-likeness (QED) is 0.817. The van der Waals surface area contributed by atoms with E-state index in [4.69, 9.17) is 5.26 Å². The fourth-order valence-electron chi connectivity index (χ4n) is 5.29. The molecule has 6 nitrogen and oxygen atoms in total. The Labute approximate surface area is 177 Å². The number of nitriles is 1. The van der Waals surface area contributed by atoms with E-state index in [2.05, 4.69) is 30.3 Å². The SMILES string of the molecule is CCN(C(=O)Nc1ccc(C#N)cc1)[C@H]1[C@H]2Cc3ccc(O)cc3C1(C)CCN2C. The fourth-order valence-corrected chi connectivity index (χ4v) is 5.29. The molecule has 1 aliphatic heterocycles. The van der Waals surface area contributed by atoms with E-state index in [9.17, 15) is 9.90 Å². The van der Waals surface area contributed by atoms with Crippen molar-refractivity contribution in [1.82, 2.24) is 9.80 Å². The Morgan fingerprint density at radius 2 is 2.07 bits per heavy atom. The van der Waals surface area contributed by atoms with Gasteiger partial charge in [0.1, 0.15) is 5.75 Å². The average Bonchev–Trinajstić information content (AvgIpc) is 2.74. The second-order valence-electron chi connectivity index (χ2n) is 8.61. The van der Waals surface area contributed by atoms with Crippen LogP contribution in [0.1, 0.15) is 37.0 Å². The number of fused-ring (bicyclic) bond motifs is 4. The van der Waals surface area contributed by atoms with Crippen molar-refractivity contribution >= 4 is 11.7 Å². The van der Waals surface area contributed by atoms with Gasteiger partial charge in [0.05, 0.1) is 17.7 Å². The normalized spacial score (nSPS) is 25.1. The Morgan fingerprint density at radius 1 is 1.33 bits per heavy atom. The number of aromatic hydroxyl groups is 1. The number of carbonyl (C=O) groups excluding carboxylic acids is 1. The lowest BCUT2D eigenvalue weighted by Gasteiger charge is -2.57. The Hall–Kier alpha value is -3.04. The van der Waals surface area contributed by atoms with Gasteiger partial charge in [-0.2, -0.15) is 5.26 Å². The van der Waals surface area contributed by atoms with Crippen molar-refractivity contribution in [3.63, 3.8) is 0 Å². The Kier molecular flexibility index (Phi) is 5.17. The minimum Gasteiger partial charge on any atom is -0.508 e. The largest absolute Gasteiger partial charge is 0.508 e. The number of rotatable bonds is 3. The molecule has 1 aliphatic carbocycles. The molecule has 1 fully saturated rings. The summed E-state index contributed by atoms with van der Waals surface area (Å²) in [6.07, 6.45) is 1.77. The first-order valence-electron chi connectivity index (χ1n) is 10.5. The lowest BCUT2D eigenvalue weighted by atomic mass is 9.61. The summed E-state index contributed by atoms with van der Waals surface area (Å²) in [6.45, 7) is 5.78. The molecule has 2 aromatic rings. The highest BCUT2D eigenvalue weighted by Gasteiger charge is 2.53. The summed E-state index contributed by atoms with van der Waals surface area (Å²) in [6, 6.07) is 14.8. The van der Waals surface area contributed by atoms with Gasteiger partial charge in [0, 0.05) is 23.7 Å². The fraction of sp³-hybridized carbons (Fsp3) is 0.417. The van der Waals surface area contributed by atoms with Crippen molar-refractivity contribution < 1.29 is 9.90 Å². The molecular weight excluding hydrogens is 376 g/mol. The molecule has 1 heterocycles. The van der Waals surface area contributed by atoms with Crippen molar-refractivity contribution in [2.45, 2.75) is 44.2 Å². The van der Waals surface area contributed by atoms with Crippen LogP contribution in [0.15, 0.2) is 42.5 Å². The van der Waals surface area contributed by atoms with Gasteiger partial charge in [0.25, 0.3) is 0 Å². The van der Waals surface area contributed by atoms with Gasteiger partial charge >= 0.3 is 6.03 Å². The predicted molar refractivity (Wildman–Crippen MR) is 117 cm³/mol. The second kappa shape index (κ2) is 7.66. The van der Waals surface area contributed by atoms with Crippen LogP contribution in [0.25, 0.3) is 0 Å². The number of carbonyl (C=O) groups is 1. The summed E-state index contributed by atoms with van der Waals surface area (Å²) in [4.78, 5) is 17.6. The number of nitrogens with zero attached hydrogens (tertiary/aromatic N) is 3. The van der Waals surface area contributed by atoms with Gasteiger partial charge in [-0.3, -0.25) is 0 Å². The van der Waals surface area contributed by atoms with E-state index in [1.807, 2.05) is 24.0 Å². The minimum absolute atomic E-state index is 0.00562. The average molecular weight is 405 g/mol. The number of phenolic OH excluding ortho intramolecular Hbond substituents is 1. The molecule has 0 radical (unpaired) electrons. The molecule has 30 heavy (non-hydrogen) atoms. The van der Waals surface area contributed by atoms with Gasteiger partial charge in [0.15, 0.2) is 0 Å². The molecule has 2 bridgehead atoms. The van der Waals surface area contributed by atoms with Crippen LogP contribution in [0.5, 0.6) is 5.75 Å². The first-order valence-corrected chi connectivity index (χ1v) is 10.5. The molecule has 2 N–H and O–H groups in total. The first-order chi connectivity index (χ1) is 14.4. The van der Waals surface area contributed by atoms with Crippen molar-refractivity contribution in [1.29, 1.82) is 5.26 Å². The van der Waals surface area contributed by atoms with E-state index in [0.717, 1.165) is 24.9 Å². The maximum atomic E-state index is 13.3. The molecule has 1 unspecified atom stereocenters. The van der Waals surface area contributed by atoms with Crippen LogP contribution < -0.4 is 5.32 Å². The molecular formula is C24H28N4O2. The lowest BCUT2D eigenvalue weighted by molar-refractivity contribution is 0.0136. The predicted octanol–water partition coefficient (Wildman–Crippen LogP) is 3.70. The first kappa shape index (κ1) is 20.2. The summed E-state index contributed by atoms with van der Waals surface area (Å²) in [5, 5.41) is 22.1. The number of hydrogen-bond acceptors (Lipinski definition) is 4. The number of likely N-dealkylation sites (tertiary alicyclic amines) is 1. The smallest absolute Gasteiger partial charge is 0.322 e. The lowest BCUT2D eigenvalue weighted by Crippen LogP contribution is -2.68. The molecule has 3 atom stereocenters. The van der Waals surface area contributed by atoms with E-state index in [-0.39, 0.29) is 29.3 Å². The van der Waals surface area contributed by atoms with Crippen molar-refractivity contribution in [3.8, 4) is 11.8 Å². The molecule has 6 heteroatoms. The number of benzene rings is 2. The second-order valence-corrected chi connectivity index (χ2v) is 8.61. The summed E-state index contributed by atoms with van der Waals surface area (Å²) < 4.78 is 0. The Balaban J connectivity index is 1.68. The molecule has 0 spiro atoms. The zero-order chi connectivity index (χ0) is 21.5. The van der Waals surface area contributed by atoms with Crippen LogP contribution in [-0.4, -0.2) is 53.2 Å². The van der Waals surface area contributed by atoms with Gasteiger partial charge in [-0.15, -0.1) is 0 Å². The van der Waals surface area contributed by atoms with Gasteiger partial charge < -0.3 is 20.2 Å². The third kappa shape index (κ3) is 3.29.